The van der Waals surface area contributed by atoms with Gasteiger partial charge in [0.15, 0.2) is 37.7 Å². The first-order valence-corrected chi connectivity index (χ1v) is 21.8. The van der Waals surface area contributed by atoms with Crippen LogP contribution >= 0.6 is 24.4 Å². The van der Waals surface area contributed by atoms with E-state index in [0.29, 0.717) is 0 Å². The molecule has 0 aromatic heterocycles. The summed E-state index contributed by atoms with van der Waals surface area (Å²) in [5.74, 6) is -2.36. The Bertz CT molecular complexity index is 2610. The second kappa shape index (κ2) is 26.9. The molecule has 0 heterocycles. The van der Waals surface area contributed by atoms with Crippen molar-refractivity contribution in [3.8, 4) is 5.75 Å². The molecular weight excluding hydrogens is 971 g/mol. The number of benzene rings is 4. The van der Waals surface area contributed by atoms with Gasteiger partial charge in [0.2, 0.25) is 10.4 Å². The van der Waals surface area contributed by atoms with Gasteiger partial charge in [0.05, 0.1) is 78.8 Å². The van der Waals surface area contributed by atoms with Crippen molar-refractivity contribution in [3.63, 3.8) is 0 Å². The van der Waals surface area contributed by atoms with E-state index in [1.54, 1.807) is 0 Å². The summed E-state index contributed by atoms with van der Waals surface area (Å²) in [6.07, 6.45) is 0. The molecule has 0 fully saturated rings. The van der Waals surface area contributed by atoms with Crippen LogP contribution in [0.4, 0.5) is 28.4 Å². The van der Waals surface area contributed by atoms with Gasteiger partial charge in [0, 0.05) is 0 Å². The fourth-order valence-electron chi connectivity index (χ4n) is 4.40. The van der Waals surface area contributed by atoms with Crippen molar-refractivity contribution in [2.45, 2.75) is 19.6 Å². The summed E-state index contributed by atoms with van der Waals surface area (Å²) in [5, 5.41) is 53.0. The zero-order valence-electron chi connectivity index (χ0n) is 31.2. The smallest absolute Gasteiger partial charge is 0.744 e. The van der Waals surface area contributed by atoms with Crippen LogP contribution in [0.5, 0.6) is 5.75 Å². The fraction of sp³-hybridized carbons (Fsp3) is 0.154. The number of azo groups is 2. The summed E-state index contributed by atoms with van der Waals surface area (Å²) >= 11 is 0.270. The van der Waals surface area contributed by atoms with Gasteiger partial charge in [-0.2, -0.15) is 14.6 Å². The molecule has 0 unspecified atom stereocenters. The predicted octanol–water partition coefficient (Wildman–Crippen LogP) is -10.1. The number of fused-ring (bicyclic) bond motifs is 1. The minimum atomic E-state index is -5.42. The van der Waals surface area contributed by atoms with Crippen molar-refractivity contribution in [2.75, 3.05) is 30.5 Å². The Kier molecular flexibility index (Phi) is 26.9. The standard InChI is InChI=1S/C26H25N5O19S6.4Na/c27-23-22-15(12-21(55(39,40)41)25(23)31-29-17-4-2-6-19(14-17)54(37,38)10-8-46-56(42,43)44)11-20(51-49-47-33)24(26(22)32)30-28-16-3-1-5-18(13-16)53(35,36)9-7-45-52-50-48-34;;;;/h1-6,11-14,32-34H,7-10,27H2,(H,39,40,41)(H,42,43,44);;;;/q;4*+1/p-4. The van der Waals surface area contributed by atoms with Crippen LogP contribution in [0.15, 0.2) is 101 Å². The number of sulfone groups is 2. The number of phenolic OH excluding ortho intramolecular Hbond substituents is 1. The number of hydrogen-bond donors (Lipinski definition) is 2. The average molecular weight is 992 g/mol. The Morgan fingerprint density at radius 3 is 1.70 bits per heavy atom. The number of hydrogen-bond acceptors (Lipinski definition) is 26. The second-order valence-electron chi connectivity index (χ2n) is 10.3. The summed E-state index contributed by atoms with van der Waals surface area (Å²) in [5.41, 5.74) is 3.89. The third-order valence-electron chi connectivity index (χ3n) is 6.74. The van der Waals surface area contributed by atoms with Gasteiger partial charge in [-0.15, -0.1) is 14.6 Å². The van der Waals surface area contributed by atoms with Crippen molar-refractivity contribution in [2.24, 2.45) is 20.5 Å². The van der Waals surface area contributed by atoms with Crippen molar-refractivity contribution < 1.29 is 204 Å². The van der Waals surface area contributed by atoms with Crippen LogP contribution in [-0.2, 0) is 67.3 Å². The molecule has 0 atom stereocenters. The van der Waals surface area contributed by atoms with Crippen molar-refractivity contribution in [1.29, 1.82) is 0 Å². The predicted molar refractivity (Wildman–Crippen MR) is 183 cm³/mol. The van der Waals surface area contributed by atoms with E-state index in [9.17, 15) is 58.4 Å². The van der Waals surface area contributed by atoms with Gasteiger partial charge in [-0.1, -0.05) is 12.1 Å². The molecule has 0 aliphatic carbocycles. The van der Waals surface area contributed by atoms with Crippen LogP contribution in [0.3, 0.4) is 0 Å². The molecule has 4 rings (SSSR count). The molecular formula is C26H21N5Na4O19S6. The summed E-state index contributed by atoms with van der Waals surface area (Å²) in [4.78, 5) is -2.02. The molecule has 4 aromatic carbocycles. The molecule has 0 saturated heterocycles. The van der Waals surface area contributed by atoms with Crippen molar-refractivity contribution in [3.05, 3.63) is 60.7 Å². The molecule has 34 heteroatoms. The van der Waals surface area contributed by atoms with E-state index in [2.05, 4.69) is 43.4 Å². The average Bonchev–Trinajstić information content (AvgIpc) is 3.12. The summed E-state index contributed by atoms with van der Waals surface area (Å²) in [7, 11) is -18.9. The summed E-state index contributed by atoms with van der Waals surface area (Å²) in [6, 6.07) is 11.1. The normalized spacial score (nSPS) is 12.1. The maximum absolute atomic E-state index is 12.8. The third kappa shape index (κ3) is 17.4. The van der Waals surface area contributed by atoms with E-state index in [4.69, 9.17) is 9.92 Å². The Morgan fingerprint density at radius 1 is 0.683 bits per heavy atom. The minimum Gasteiger partial charge on any atom is -0.744 e. The Balaban J connectivity index is 0.00000870. The van der Waals surface area contributed by atoms with Crippen molar-refractivity contribution in [1.82, 2.24) is 0 Å². The van der Waals surface area contributed by atoms with Gasteiger partial charge in [0.25, 0.3) is 0 Å². The van der Waals surface area contributed by atoms with E-state index >= 15 is 0 Å². The van der Waals surface area contributed by atoms with E-state index in [0.717, 1.165) is 30.3 Å². The quantitative estimate of drug-likeness (QED) is 0.00955. The van der Waals surface area contributed by atoms with Gasteiger partial charge >= 0.3 is 118 Å². The Labute approximate surface area is 438 Å². The van der Waals surface area contributed by atoms with Gasteiger partial charge < -0.3 is 30.5 Å². The third-order valence-corrected chi connectivity index (χ3v) is 12.4. The number of nitrogen functional groups attached to an aromatic ring is 1. The molecule has 0 spiro atoms. The van der Waals surface area contributed by atoms with E-state index in [1.807, 2.05) is 0 Å². The second-order valence-corrected chi connectivity index (χ2v) is 18.1. The van der Waals surface area contributed by atoms with Crippen LogP contribution in [0.1, 0.15) is 0 Å². The first-order valence-electron chi connectivity index (χ1n) is 14.3. The molecule has 0 amide bonds. The molecule has 0 aliphatic heterocycles. The zero-order chi connectivity index (χ0) is 41.3. The van der Waals surface area contributed by atoms with Gasteiger partial charge in [-0.25, -0.2) is 33.7 Å². The maximum Gasteiger partial charge on any atom is 1.00 e. The molecule has 0 saturated carbocycles. The topological polar surface area (TPSA) is 380 Å². The Hall–Kier alpha value is 0.0400. The van der Waals surface area contributed by atoms with Crippen LogP contribution < -0.4 is 134 Å². The number of aromatic hydroxyl groups is 1. The zero-order valence-corrected chi connectivity index (χ0v) is 44.1. The van der Waals surface area contributed by atoms with E-state index in [-0.39, 0.29) is 169 Å². The first kappa shape index (κ1) is 60.0. The number of anilines is 1. The monoisotopic (exact) mass is 991 g/mol. The number of nitrogens with two attached hydrogens (primary N) is 1. The maximum atomic E-state index is 12.8. The molecule has 304 valence electrons. The van der Waals surface area contributed by atoms with E-state index in [1.165, 1.54) is 30.3 Å². The summed E-state index contributed by atoms with van der Waals surface area (Å²) in [6.45, 7) is -1.42. The Morgan fingerprint density at radius 2 is 1.20 bits per heavy atom. The van der Waals surface area contributed by atoms with Crippen LogP contribution in [0.2, 0.25) is 0 Å². The van der Waals surface area contributed by atoms with Gasteiger partial charge in [-0.3, -0.25) is 18.4 Å². The minimum absolute atomic E-state index is 0. The molecule has 0 radical (unpaired) electrons. The van der Waals surface area contributed by atoms with Gasteiger partial charge in [0.1, 0.15) is 21.5 Å². The molecule has 60 heavy (non-hydrogen) atoms. The molecule has 3 N–H and O–H groups in total. The number of phenols is 1. The largest absolute Gasteiger partial charge is 1.00 e. The first-order chi connectivity index (χ1) is 26.3. The summed E-state index contributed by atoms with van der Waals surface area (Å²) < 4.78 is 137. The van der Waals surface area contributed by atoms with E-state index < -0.39 is 103 Å². The van der Waals surface area contributed by atoms with Crippen LogP contribution in [0, 0.1) is 0 Å². The fourth-order valence-corrected chi connectivity index (χ4v) is 8.51. The molecule has 0 bridgehead atoms. The van der Waals surface area contributed by atoms with Gasteiger partial charge in [-0.05, 0) is 53.9 Å². The van der Waals surface area contributed by atoms with Crippen LogP contribution in [0.25, 0.3) is 10.8 Å². The molecule has 24 nitrogen and oxygen atoms in total. The number of rotatable bonds is 20. The number of nitrogens with zero attached hydrogens (tertiary/aromatic N) is 4. The van der Waals surface area contributed by atoms with Crippen molar-refractivity contribution >= 4 is 104 Å². The SMILES string of the molecule is Nc1c(N=Nc2cccc(S(=O)(=O)CCOS(=O)(=O)[O-])c2)c(S(=O)(=O)[O-])cc2cc(SOO[O-])c(N=Nc3cccc(S(=O)(=O)CCOSOO[O-])c3)c(O)c12.[Na+].[Na+].[Na+].[Na+]. The molecule has 4 aromatic rings. The molecule has 0 aliphatic rings. The van der Waals surface area contributed by atoms with Crippen LogP contribution in [-0.4, -0.2) is 72.6 Å².